The number of hydrogen-bond donors (Lipinski definition) is 1. The molecule has 4 heteroatoms. The first kappa shape index (κ1) is 6.83. The fraction of sp³-hybridized carbons (Fsp3) is 0.800. The van der Waals surface area contributed by atoms with Crippen LogP contribution in [0.2, 0.25) is 0 Å². The second-order valence-corrected chi connectivity index (χ2v) is 2.70. The normalized spacial score (nSPS) is 34.7. The molecule has 1 saturated heterocycles. The van der Waals surface area contributed by atoms with Crippen LogP contribution in [0, 0.1) is 0 Å². The molecule has 1 aliphatic heterocycles. The van der Waals surface area contributed by atoms with Crippen molar-refractivity contribution < 1.29 is 14.6 Å². The van der Waals surface area contributed by atoms with Crippen LogP contribution in [-0.2, 0) is 9.53 Å². The van der Waals surface area contributed by atoms with Gasteiger partial charge in [-0.05, 0) is 0 Å². The van der Waals surface area contributed by atoms with Crippen LogP contribution in [0.25, 0.3) is 0 Å². The molecule has 0 aromatic heterocycles. The van der Waals surface area contributed by atoms with E-state index in [4.69, 9.17) is 16.7 Å². The van der Waals surface area contributed by atoms with E-state index in [1.165, 1.54) is 0 Å². The van der Waals surface area contributed by atoms with E-state index < -0.39 is 5.06 Å². The van der Waals surface area contributed by atoms with Gasteiger partial charge >= 0.3 is 5.97 Å². The van der Waals surface area contributed by atoms with Gasteiger partial charge in [-0.2, -0.15) is 0 Å². The van der Waals surface area contributed by atoms with Crippen molar-refractivity contribution in [2.45, 2.75) is 17.9 Å². The molecule has 0 spiro atoms. The maximum absolute atomic E-state index is 10.4. The quantitative estimate of drug-likeness (QED) is 0.431. The molecule has 1 unspecified atom stereocenters. The predicted molar refractivity (Wildman–Crippen MR) is 31.0 cm³/mol. The van der Waals surface area contributed by atoms with Crippen molar-refractivity contribution in [1.29, 1.82) is 0 Å². The number of carbonyl (C=O) groups is 1. The van der Waals surface area contributed by atoms with E-state index >= 15 is 0 Å². The van der Waals surface area contributed by atoms with Crippen LogP contribution in [0.15, 0.2) is 0 Å². The number of halogens is 1. The minimum absolute atomic E-state index is 0.305. The van der Waals surface area contributed by atoms with E-state index in [-0.39, 0.29) is 12.6 Å². The van der Waals surface area contributed by atoms with E-state index in [1.807, 2.05) is 0 Å². The molecule has 1 N–H and O–H groups in total. The lowest BCUT2D eigenvalue weighted by Gasteiger charge is -2.14. The van der Waals surface area contributed by atoms with Crippen molar-refractivity contribution in [2.24, 2.45) is 0 Å². The smallest absolute Gasteiger partial charge is 0.307 e. The summed E-state index contributed by atoms with van der Waals surface area (Å²) in [5, 5.41) is 7.42. The Labute approximate surface area is 57.6 Å². The van der Waals surface area contributed by atoms with Crippen molar-refractivity contribution in [1.82, 2.24) is 0 Å². The molecule has 1 aliphatic rings. The molecule has 52 valence electrons. The molecule has 0 amide bonds. The van der Waals surface area contributed by atoms with Crippen LogP contribution in [0.3, 0.4) is 0 Å². The van der Waals surface area contributed by atoms with Crippen molar-refractivity contribution in [3.8, 4) is 0 Å². The second-order valence-electron chi connectivity index (χ2n) is 2.02. The summed E-state index contributed by atoms with van der Waals surface area (Å²) in [4.78, 5) is 10.4. The highest BCUT2D eigenvalue weighted by molar-refractivity contribution is 6.24. The van der Waals surface area contributed by atoms with Crippen molar-refractivity contribution in [3.05, 3.63) is 0 Å². The van der Waals surface area contributed by atoms with Gasteiger partial charge < -0.3 is 9.84 Å². The molecule has 0 aliphatic carbocycles. The minimum Gasteiger partial charge on any atom is -0.441 e. The molecule has 3 nitrogen and oxygen atoms in total. The standard InChI is InChI=1S/C5H7ClO3/c6-5(3-7)2-1-4(8)9-5/h7H,1-3H2. The number of aliphatic hydroxyl groups is 1. The SMILES string of the molecule is O=C1CCC(Cl)(CO)O1. The molecular weight excluding hydrogens is 144 g/mol. The number of cyclic esters (lactones) is 1. The average molecular weight is 151 g/mol. The molecule has 1 fully saturated rings. The Hall–Kier alpha value is -0.280. The van der Waals surface area contributed by atoms with Gasteiger partial charge in [0.15, 0.2) is 0 Å². The van der Waals surface area contributed by atoms with Crippen LogP contribution < -0.4 is 0 Å². The highest BCUT2D eigenvalue weighted by Crippen LogP contribution is 2.29. The first-order chi connectivity index (χ1) is 4.16. The van der Waals surface area contributed by atoms with Gasteiger partial charge in [0.2, 0.25) is 5.06 Å². The number of ether oxygens (including phenoxy) is 1. The molecule has 0 aromatic carbocycles. The number of esters is 1. The summed E-state index contributed by atoms with van der Waals surface area (Å²) < 4.78 is 4.57. The van der Waals surface area contributed by atoms with Crippen LogP contribution in [-0.4, -0.2) is 22.7 Å². The largest absolute Gasteiger partial charge is 0.441 e. The van der Waals surface area contributed by atoms with Gasteiger partial charge in [0.05, 0.1) is 13.0 Å². The number of hydrogen-bond acceptors (Lipinski definition) is 3. The van der Waals surface area contributed by atoms with E-state index in [9.17, 15) is 4.79 Å². The maximum Gasteiger partial charge on any atom is 0.307 e. The Morgan fingerprint density at radius 1 is 1.89 bits per heavy atom. The fourth-order valence-corrected chi connectivity index (χ4v) is 0.887. The van der Waals surface area contributed by atoms with Crippen molar-refractivity contribution in [2.75, 3.05) is 6.61 Å². The summed E-state index contributed by atoms with van der Waals surface area (Å²) in [7, 11) is 0. The number of rotatable bonds is 1. The average Bonchev–Trinajstić information content (AvgIpc) is 2.13. The number of carbonyl (C=O) groups excluding carboxylic acids is 1. The third kappa shape index (κ3) is 1.34. The van der Waals surface area contributed by atoms with Crippen molar-refractivity contribution >= 4 is 17.6 Å². The summed E-state index contributed by atoms with van der Waals surface area (Å²) in [5.41, 5.74) is 0. The molecule has 9 heavy (non-hydrogen) atoms. The molecule has 0 saturated carbocycles. The van der Waals surface area contributed by atoms with E-state index in [0.29, 0.717) is 12.8 Å². The number of alkyl halides is 1. The highest BCUT2D eigenvalue weighted by Gasteiger charge is 2.37. The summed E-state index contributed by atoms with van der Waals surface area (Å²) in [6, 6.07) is 0. The van der Waals surface area contributed by atoms with Gasteiger partial charge in [-0.3, -0.25) is 4.79 Å². The summed E-state index contributed by atoms with van der Waals surface area (Å²) in [6.45, 7) is -0.305. The lowest BCUT2D eigenvalue weighted by atomic mass is 10.2. The molecule has 1 atom stereocenters. The third-order valence-electron chi connectivity index (χ3n) is 1.24. The Morgan fingerprint density at radius 2 is 2.56 bits per heavy atom. The number of aliphatic hydroxyl groups excluding tert-OH is 1. The lowest BCUT2D eigenvalue weighted by molar-refractivity contribution is -0.145. The maximum atomic E-state index is 10.4. The Bertz CT molecular complexity index is 136. The van der Waals surface area contributed by atoms with E-state index in [1.54, 1.807) is 0 Å². The molecule has 0 bridgehead atoms. The zero-order chi connectivity index (χ0) is 6.91. The van der Waals surface area contributed by atoms with E-state index in [2.05, 4.69) is 4.74 Å². The third-order valence-corrected chi connectivity index (χ3v) is 1.62. The summed E-state index contributed by atoms with van der Waals surface area (Å²) >= 11 is 5.56. The first-order valence-corrected chi connectivity index (χ1v) is 3.06. The molecule has 0 aromatic rings. The first-order valence-electron chi connectivity index (χ1n) is 2.68. The summed E-state index contributed by atoms with van der Waals surface area (Å²) in [6.07, 6.45) is 0.716. The second kappa shape index (κ2) is 2.15. The Balaban J connectivity index is 2.54. The molecule has 1 heterocycles. The van der Waals surface area contributed by atoms with Crippen molar-refractivity contribution in [3.63, 3.8) is 0 Å². The van der Waals surface area contributed by atoms with Gasteiger partial charge in [0.1, 0.15) is 0 Å². The van der Waals surface area contributed by atoms with Crippen LogP contribution >= 0.6 is 11.6 Å². The van der Waals surface area contributed by atoms with Gasteiger partial charge in [0.25, 0.3) is 0 Å². The predicted octanol–water partition coefficient (Wildman–Crippen LogP) is 0.251. The van der Waals surface area contributed by atoms with Crippen LogP contribution in [0.5, 0.6) is 0 Å². The lowest BCUT2D eigenvalue weighted by Crippen LogP contribution is -2.24. The monoisotopic (exact) mass is 150 g/mol. The molecule has 0 radical (unpaired) electrons. The van der Waals surface area contributed by atoms with Gasteiger partial charge in [0, 0.05) is 6.42 Å². The fourth-order valence-electron chi connectivity index (χ4n) is 0.706. The van der Waals surface area contributed by atoms with Crippen LogP contribution in [0.1, 0.15) is 12.8 Å². The zero-order valence-corrected chi connectivity index (χ0v) is 5.52. The van der Waals surface area contributed by atoms with Gasteiger partial charge in [-0.1, -0.05) is 11.6 Å². The zero-order valence-electron chi connectivity index (χ0n) is 4.76. The minimum atomic E-state index is -1.11. The van der Waals surface area contributed by atoms with Gasteiger partial charge in [-0.25, -0.2) is 0 Å². The van der Waals surface area contributed by atoms with E-state index in [0.717, 1.165) is 0 Å². The van der Waals surface area contributed by atoms with Crippen LogP contribution in [0.4, 0.5) is 0 Å². The molecule has 1 rings (SSSR count). The summed E-state index contributed by atoms with van der Waals surface area (Å²) in [5.74, 6) is -0.334. The Morgan fingerprint density at radius 3 is 2.78 bits per heavy atom. The molecular formula is C5H7ClO3. The highest BCUT2D eigenvalue weighted by atomic mass is 35.5. The Kier molecular flexibility index (Phi) is 1.64. The topological polar surface area (TPSA) is 46.5 Å². The van der Waals surface area contributed by atoms with Gasteiger partial charge in [-0.15, -0.1) is 0 Å².